The molecule has 0 saturated carbocycles. The van der Waals surface area contributed by atoms with Crippen LogP contribution in [-0.4, -0.2) is 12.6 Å². The zero-order chi connectivity index (χ0) is 12.7. The van der Waals surface area contributed by atoms with Gasteiger partial charge in [-0.2, -0.15) is 0 Å². The fraction of sp³-hybridized carbons (Fsp3) is 0.417. The summed E-state index contributed by atoms with van der Waals surface area (Å²) < 4.78 is 6.51. The normalized spacial score (nSPS) is 10.2. The van der Waals surface area contributed by atoms with Gasteiger partial charge in [-0.1, -0.05) is 35.0 Å². The average Bonchev–Trinajstić information content (AvgIpc) is 2.29. The van der Waals surface area contributed by atoms with Crippen molar-refractivity contribution in [3.05, 3.63) is 33.8 Å². The van der Waals surface area contributed by atoms with Gasteiger partial charge in [0.25, 0.3) is 0 Å². The van der Waals surface area contributed by atoms with Crippen LogP contribution in [0.3, 0.4) is 0 Å². The molecule has 0 unspecified atom stereocenters. The third kappa shape index (κ3) is 5.19. The molecule has 0 heterocycles. The van der Waals surface area contributed by atoms with Gasteiger partial charge in [0.1, 0.15) is 0 Å². The maximum atomic E-state index is 7.09. The van der Waals surface area contributed by atoms with Gasteiger partial charge < -0.3 is 15.8 Å². The number of hydrogen-bond acceptors (Lipinski definition) is 2. The van der Waals surface area contributed by atoms with E-state index >= 15 is 0 Å². The Hall–Kier alpha value is -1.07. The molecular formula is C12H18BrN3O. The van der Waals surface area contributed by atoms with Crippen molar-refractivity contribution in [2.24, 2.45) is 5.73 Å². The Labute approximate surface area is 110 Å². The zero-order valence-corrected chi connectivity index (χ0v) is 11.5. The summed E-state index contributed by atoms with van der Waals surface area (Å²) in [6.45, 7) is 4.05. The lowest BCUT2D eigenvalue weighted by molar-refractivity contribution is 0.121. The van der Waals surface area contributed by atoms with Crippen molar-refractivity contribution in [3.63, 3.8) is 0 Å². The number of rotatable bonds is 6. The van der Waals surface area contributed by atoms with Crippen LogP contribution in [0.5, 0.6) is 0 Å². The van der Waals surface area contributed by atoms with Crippen molar-refractivity contribution in [1.82, 2.24) is 5.32 Å². The lowest BCUT2D eigenvalue weighted by Crippen LogP contribution is -2.29. The molecule has 0 aliphatic heterocycles. The van der Waals surface area contributed by atoms with Crippen LogP contribution in [0.1, 0.15) is 24.5 Å². The summed E-state index contributed by atoms with van der Waals surface area (Å²) in [5, 5.41) is 9.86. The van der Waals surface area contributed by atoms with Crippen LogP contribution in [0, 0.1) is 5.41 Å². The lowest BCUT2D eigenvalue weighted by Gasteiger charge is -2.09. The molecule has 94 valence electrons. The van der Waals surface area contributed by atoms with E-state index < -0.39 is 0 Å². The molecule has 1 aromatic rings. The summed E-state index contributed by atoms with van der Waals surface area (Å²) in [4.78, 5) is 0. The van der Waals surface area contributed by atoms with Gasteiger partial charge >= 0.3 is 0 Å². The Morgan fingerprint density at radius 3 is 2.88 bits per heavy atom. The molecule has 0 amide bonds. The minimum Gasteiger partial charge on any atom is -0.377 e. The van der Waals surface area contributed by atoms with Gasteiger partial charge in [-0.05, 0) is 23.6 Å². The highest BCUT2D eigenvalue weighted by Gasteiger charge is 2.02. The van der Waals surface area contributed by atoms with Gasteiger partial charge in [0.05, 0.1) is 6.61 Å². The third-order valence-corrected chi connectivity index (χ3v) is 2.94. The minimum absolute atomic E-state index is 0.0171. The highest BCUT2D eigenvalue weighted by Crippen LogP contribution is 2.19. The summed E-state index contributed by atoms with van der Waals surface area (Å²) >= 11 is 3.51. The van der Waals surface area contributed by atoms with E-state index in [4.69, 9.17) is 15.9 Å². The average molecular weight is 300 g/mol. The summed E-state index contributed by atoms with van der Waals surface area (Å²) in [6.07, 6.45) is 1.03. The standard InChI is InChI=1S/C12H18BrN3O/c1-2-5-17-8-10-4-3-9(6-11(10)13)7-16-12(14)15/h3-4,6H,2,5,7-8H2,1H3,(H4,14,15,16). The van der Waals surface area contributed by atoms with Crippen molar-refractivity contribution in [2.75, 3.05) is 6.61 Å². The lowest BCUT2D eigenvalue weighted by atomic mass is 10.1. The van der Waals surface area contributed by atoms with Crippen molar-refractivity contribution in [2.45, 2.75) is 26.5 Å². The number of nitrogens with one attached hydrogen (secondary N) is 2. The molecule has 5 heteroatoms. The Kier molecular flexibility index (Phi) is 6.00. The molecule has 0 aliphatic rings. The molecule has 0 aliphatic carbocycles. The fourth-order valence-corrected chi connectivity index (χ4v) is 1.88. The van der Waals surface area contributed by atoms with E-state index in [1.54, 1.807) is 0 Å². The Balaban J connectivity index is 2.56. The third-order valence-electron chi connectivity index (χ3n) is 2.21. The molecule has 4 N–H and O–H groups in total. The molecule has 0 spiro atoms. The monoisotopic (exact) mass is 299 g/mol. The second-order valence-corrected chi connectivity index (χ2v) is 4.60. The molecular weight excluding hydrogens is 282 g/mol. The number of benzene rings is 1. The number of guanidine groups is 1. The van der Waals surface area contributed by atoms with E-state index in [9.17, 15) is 0 Å². The van der Waals surface area contributed by atoms with Gasteiger partial charge in [-0.15, -0.1) is 0 Å². The van der Waals surface area contributed by atoms with Crippen LogP contribution < -0.4 is 11.1 Å². The van der Waals surface area contributed by atoms with E-state index in [1.165, 1.54) is 0 Å². The molecule has 0 aromatic heterocycles. The smallest absolute Gasteiger partial charge is 0.185 e. The van der Waals surface area contributed by atoms with E-state index in [1.807, 2.05) is 18.2 Å². The van der Waals surface area contributed by atoms with Gasteiger partial charge in [0.15, 0.2) is 5.96 Å². The molecule has 0 bridgehead atoms. The molecule has 4 nitrogen and oxygen atoms in total. The van der Waals surface area contributed by atoms with Crippen molar-refractivity contribution < 1.29 is 4.74 Å². The first-order valence-electron chi connectivity index (χ1n) is 5.56. The number of ether oxygens (including phenoxy) is 1. The Bertz CT molecular complexity index is 382. The first kappa shape index (κ1) is 14.0. The van der Waals surface area contributed by atoms with Gasteiger partial charge in [0.2, 0.25) is 0 Å². The van der Waals surface area contributed by atoms with Crippen molar-refractivity contribution in [3.8, 4) is 0 Å². The highest BCUT2D eigenvalue weighted by atomic mass is 79.9. The number of halogens is 1. The second kappa shape index (κ2) is 7.29. The maximum absolute atomic E-state index is 7.09. The SMILES string of the molecule is CCCOCc1ccc(CNC(=N)N)cc1Br. The first-order valence-corrected chi connectivity index (χ1v) is 6.35. The summed E-state index contributed by atoms with van der Waals surface area (Å²) in [7, 11) is 0. The molecule has 0 saturated heterocycles. The number of hydrogen-bond donors (Lipinski definition) is 3. The molecule has 0 radical (unpaired) electrons. The van der Waals surface area contributed by atoms with Crippen molar-refractivity contribution >= 4 is 21.9 Å². The second-order valence-electron chi connectivity index (χ2n) is 3.75. The van der Waals surface area contributed by atoms with E-state index in [0.29, 0.717) is 13.2 Å². The van der Waals surface area contributed by atoms with Crippen LogP contribution in [-0.2, 0) is 17.9 Å². The summed E-state index contributed by atoms with van der Waals surface area (Å²) in [6, 6.07) is 6.04. The predicted molar refractivity (Wildman–Crippen MR) is 72.8 cm³/mol. The van der Waals surface area contributed by atoms with Gasteiger partial charge in [-0.3, -0.25) is 5.41 Å². The Morgan fingerprint density at radius 2 is 2.29 bits per heavy atom. The predicted octanol–water partition coefficient (Wildman–Crippen LogP) is 2.36. The quantitative estimate of drug-likeness (QED) is 0.429. The van der Waals surface area contributed by atoms with Crippen LogP contribution in [0.15, 0.2) is 22.7 Å². The minimum atomic E-state index is -0.0171. The molecule has 1 rings (SSSR count). The summed E-state index contributed by atoms with van der Waals surface area (Å²) in [5.74, 6) is -0.0171. The maximum Gasteiger partial charge on any atom is 0.185 e. The summed E-state index contributed by atoms with van der Waals surface area (Å²) in [5.41, 5.74) is 7.43. The van der Waals surface area contributed by atoms with Crippen LogP contribution in [0.4, 0.5) is 0 Å². The molecule has 1 aromatic carbocycles. The van der Waals surface area contributed by atoms with E-state index in [2.05, 4.69) is 28.2 Å². The number of nitrogens with two attached hydrogens (primary N) is 1. The van der Waals surface area contributed by atoms with Crippen LogP contribution >= 0.6 is 15.9 Å². The van der Waals surface area contributed by atoms with Gasteiger partial charge in [-0.25, -0.2) is 0 Å². The van der Waals surface area contributed by atoms with Crippen molar-refractivity contribution in [1.29, 1.82) is 5.41 Å². The van der Waals surface area contributed by atoms with E-state index in [-0.39, 0.29) is 5.96 Å². The topological polar surface area (TPSA) is 71.1 Å². The molecule has 0 fully saturated rings. The van der Waals surface area contributed by atoms with Crippen LogP contribution in [0.2, 0.25) is 0 Å². The highest BCUT2D eigenvalue weighted by molar-refractivity contribution is 9.10. The van der Waals surface area contributed by atoms with E-state index in [0.717, 1.165) is 28.6 Å². The Morgan fingerprint density at radius 1 is 1.53 bits per heavy atom. The molecule has 0 atom stereocenters. The van der Waals surface area contributed by atoms with Gasteiger partial charge in [0, 0.05) is 17.6 Å². The molecule has 17 heavy (non-hydrogen) atoms. The largest absolute Gasteiger partial charge is 0.377 e. The van der Waals surface area contributed by atoms with Crippen LogP contribution in [0.25, 0.3) is 0 Å². The fourth-order valence-electron chi connectivity index (χ4n) is 1.34. The first-order chi connectivity index (χ1) is 8.13. The zero-order valence-electron chi connectivity index (χ0n) is 9.92.